The summed E-state index contributed by atoms with van der Waals surface area (Å²) in [5, 5.41) is 9.39. The molecule has 3 nitrogen and oxygen atoms in total. The van der Waals surface area contributed by atoms with Crippen LogP contribution in [0, 0.1) is 0 Å². The largest absolute Gasteiger partial charge is 0.391 e. The van der Waals surface area contributed by atoms with Crippen LogP contribution in [0.25, 0.3) is 0 Å². The number of carbonyl (C=O) groups is 1. The summed E-state index contributed by atoms with van der Waals surface area (Å²) in [6.45, 7) is 3.06. The van der Waals surface area contributed by atoms with E-state index in [0.717, 1.165) is 5.56 Å². The minimum Gasteiger partial charge on any atom is -0.391 e. The molecule has 15 heavy (non-hydrogen) atoms. The Labute approximate surface area is 89.9 Å². The van der Waals surface area contributed by atoms with Gasteiger partial charge >= 0.3 is 0 Å². The Bertz CT molecular complexity index is 345. The minimum absolute atomic E-state index is 0.167. The van der Waals surface area contributed by atoms with Crippen LogP contribution >= 0.6 is 0 Å². The minimum atomic E-state index is -0.382. The SMILES string of the molecule is CC(C)=O.N[C@H]1c2ccccc2C[C@H]1O. The normalized spacial score (nSPS) is 22.7. The number of nitrogens with two attached hydrogens (primary N) is 1. The fourth-order valence-corrected chi connectivity index (χ4v) is 1.60. The van der Waals surface area contributed by atoms with E-state index in [0.29, 0.717) is 6.42 Å². The van der Waals surface area contributed by atoms with Crippen molar-refractivity contribution in [2.75, 3.05) is 0 Å². The van der Waals surface area contributed by atoms with Gasteiger partial charge in [-0.1, -0.05) is 24.3 Å². The van der Waals surface area contributed by atoms with Crippen LogP contribution in [-0.2, 0) is 11.2 Å². The predicted molar refractivity (Wildman–Crippen MR) is 59.4 cm³/mol. The molecule has 0 unspecified atom stereocenters. The summed E-state index contributed by atoms with van der Waals surface area (Å²) in [6.07, 6.45) is 0.324. The Hall–Kier alpha value is -1.19. The Morgan fingerprint density at radius 2 is 1.93 bits per heavy atom. The van der Waals surface area contributed by atoms with Crippen LogP contribution in [0.1, 0.15) is 31.0 Å². The molecule has 0 heterocycles. The van der Waals surface area contributed by atoms with E-state index >= 15 is 0 Å². The smallest absolute Gasteiger partial charge is 0.126 e. The highest BCUT2D eigenvalue weighted by Crippen LogP contribution is 2.28. The molecule has 0 radical (unpaired) electrons. The molecule has 0 aromatic heterocycles. The first-order chi connectivity index (χ1) is 7.02. The Balaban J connectivity index is 0.000000245. The van der Waals surface area contributed by atoms with E-state index in [-0.39, 0.29) is 17.9 Å². The van der Waals surface area contributed by atoms with Crippen LogP contribution in [0.4, 0.5) is 0 Å². The predicted octanol–water partition coefficient (Wildman–Crippen LogP) is 1.20. The lowest BCUT2D eigenvalue weighted by atomic mass is 10.1. The first-order valence-corrected chi connectivity index (χ1v) is 5.01. The van der Waals surface area contributed by atoms with Gasteiger partial charge in [-0.05, 0) is 25.0 Å². The number of fused-ring (bicyclic) bond motifs is 1. The van der Waals surface area contributed by atoms with Gasteiger partial charge in [-0.15, -0.1) is 0 Å². The molecule has 2 rings (SSSR count). The van der Waals surface area contributed by atoms with Gasteiger partial charge in [0, 0.05) is 6.42 Å². The highest BCUT2D eigenvalue weighted by atomic mass is 16.3. The van der Waals surface area contributed by atoms with Crippen molar-refractivity contribution >= 4 is 5.78 Å². The van der Waals surface area contributed by atoms with Gasteiger partial charge in [-0.2, -0.15) is 0 Å². The summed E-state index contributed by atoms with van der Waals surface area (Å²) >= 11 is 0. The molecule has 0 bridgehead atoms. The van der Waals surface area contributed by atoms with Crippen LogP contribution in [0.5, 0.6) is 0 Å². The van der Waals surface area contributed by atoms with Gasteiger partial charge in [0.1, 0.15) is 5.78 Å². The number of Topliss-reactive ketones (excluding diaryl/α,β-unsaturated/α-hetero) is 1. The van der Waals surface area contributed by atoms with Gasteiger partial charge in [-0.3, -0.25) is 0 Å². The number of rotatable bonds is 0. The third-order valence-corrected chi connectivity index (χ3v) is 2.26. The molecule has 82 valence electrons. The zero-order chi connectivity index (χ0) is 11.4. The molecule has 1 aromatic carbocycles. The van der Waals surface area contributed by atoms with Crippen molar-refractivity contribution in [1.82, 2.24) is 0 Å². The molecule has 0 amide bonds. The average molecular weight is 207 g/mol. The Kier molecular flexibility index (Phi) is 4.00. The van der Waals surface area contributed by atoms with Gasteiger partial charge in [-0.25, -0.2) is 0 Å². The Morgan fingerprint density at radius 3 is 2.47 bits per heavy atom. The summed E-state index contributed by atoms with van der Waals surface area (Å²) in [6, 6.07) is 7.76. The molecule has 2 atom stereocenters. The molecular weight excluding hydrogens is 190 g/mol. The van der Waals surface area contributed by atoms with Crippen molar-refractivity contribution in [1.29, 1.82) is 0 Å². The molecule has 0 spiro atoms. The van der Waals surface area contributed by atoms with Crippen molar-refractivity contribution in [3.63, 3.8) is 0 Å². The molecule has 0 aliphatic heterocycles. The lowest BCUT2D eigenvalue weighted by Gasteiger charge is -2.07. The molecule has 1 aromatic rings. The van der Waals surface area contributed by atoms with Crippen molar-refractivity contribution in [2.24, 2.45) is 5.73 Å². The first kappa shape index (κ1) is 11.9. The molecule has 3 N–H and O–H groups in total. The van der Waals surface area contributed by atoms with Gasteiger partial charge < -0.3 is 15.6 Å². The van der Waals surface area contributed by atoms with Gasteiger partial charge in [0.05, 0.1) is 12.1 Å². The second-order valence-electron chi connectivity index (χ2n) is 3.90. The summed E-state index contributed by atoms with van der Waals surface area (Å²) in [5.41, 5.74) is 8.02. The highest BCUT2D eigenvalue weighted by Gasteiger charge is 2.26. The van der Waals surface area contributed by atoms with Gasteiger partial charge in [0.2, 0.25) is 0 Å². The third-order valence-electron chi connectivity index (χ3n) is 2.26. The number of ketones is 1. The molecule has 1 aliphatic rings. The van der Waals surface area contributed by atoms with Crippen molar-refractivity contribution < 1.29 is 9.90 Å². The maximum atomic E-state index is 9.44. The van der Waals surface area contributed by atoms with E-state index in [4.69, 9.17) is 5.73 Å². The number of hydrogen-bond acceptors (Lipinski definition) is 3. The van der Waals surface area contributed by atoms with E-state index in [1.54, 1.807) is 0 Å². The fourth-order valence-electron chi connectivity index (χ4n) is 1.60. The van der Waals surface area contributed by atoms with E-state index in [2.05, 4.69) is 0 Å². The standard InChI is InChI=1S/C9H11NO.C3H6O/c10-9-7-4-2-1-3-6(7)5-8(9)11;1-3(2)4/h1-4,8-9,11H,5,10H2;1-2H3/t8-,9+;/m1./s1. The zero-order valence-electron chi connectivity index (χ0n) is 9.10. The summed E-state index contributed by atoms with van der Waals surface area (Å²) in [4.78, 5) is 9.44. The lowest BCUT2D eigenvalue weighted by Crippen LogP contribution is -2.21. The summed E-state index contributed by atoms with van der Waals surface area (Å²) < 4.78 is 0. The number of aliphatic hydroxyl groups excluding tert-OH is 1. The lowest BCUT2D eigenvalue weighted by molar-refractivity contribution is -0.114. The number of carbonyl (C=O) groups excluding carboxylic acids is 1. The highest BCUT2D eigenvalue weighted by molar-refractivity contribution is 5.72. The summed E-state index contributed by atoms with van der Waals surface area (Å²) in [7, 11) is 0. The molecular formula is C12H17NO2. The molecule has 3 heteroatoms. The second kappa shape index (κ2) is 5.05. The maximum Gasteiger partial charge on any atom is 0.126 e. The number of benzene rings is 1. The third kappa shape index (κ3) is 3.15. The van der Waals surface area contributed by atoms with Gasteiger partial charge in [0.15, 0.2) is 0 Å². The number of hydrogen-bond donors (Lipinski definition) is 2. The quantitative estimate of drug-likeness (QED) is 0.672. The Morgan fingerprint density at radius 1 is 1.40 bits per heavy atom. The van der Waals surface area contributed by atoms with E-state index < -0.39 is 0 Å². The molecule has 1 aliphatic carbocycles. The topological polar surface area (TPSA) is 63.3 Å². The molecule has 0 saturated carbocycles. The van der Waals surface area contributed by atoms with E-state index in [1.165, 1.54) is 19.4 Å². The first-order valence-electron chi connectivity index (χ1n) is 5.01. The van der Waals surface area contributed by atoms with E-state index in [1.807, 2.05) is 24.3 Å². The van der Waals surface area contributed by atoms with Crippen LogP contribution in [0.2, 0.25) is 0 Å². The molecule has 0 saturated heterocycles. The van der Waals surface area contributed by atoms with Crippen molar-refractivity contribution in [3.05, 3.63) is 35.4 Å². The summed E-state index contributed by atoms with van der Waals surface area (Å²) in [5.74, 6) is 0.167. The zero-order valence-corrected chi connectivity index (χ0v) is 9.10. The average Bonchev–Trinajstić information content (AvgIpc) is 2.43. The van der Waals surface area contributed by atoms with Gasteiger partial charge in [0.25, 0.3) is 0 Å². The monoisotopic (exact) mass is 207 g/mol. The second-order valence-corrected chi connectivity index (χ2v) is 3.90. The van der Waals surface area contributed by atoms with Crippen LogP contribution < -0.4 is 5.73 Å². The fraction of sp³-hybridized carbons (Fsp3) is 0.417. The number of aliphatic hydroxyl groups is 1. The van der Waals surface area contributed by atoms with Crippen LogP contribution in [-0.4, -0.2) is 17.0 Å². The van der Waals surface area contributed by atoms with Crippen LogP contribution in [0.3, 0.4) is 0 Å². The van der Waals surface area contributed by atoms with Crippen molar-refractivity contribution in [3.8, 4) is 0 Å². The van der Waals surface area contributed by atoms with E-state index in [9.17, 15) is 9.90 Å². The van der Waals surface area contributed by atoms with Crippen molar-refractivity contribution in [2.45, 2.75) is 32.4 Å². The maximum absolute atomic E-state index is 9.44. The molecule has 0 fully saturated rings. The van der Waals surface area contributed by atoms with Crippen LogP contribution in [0.15, 0.2) is 24.3 Å².